The molecule has 0 N–H and O–H groups in total. The third-order valence-electron chi connectivity index (χ3n) is 5.33. The highest BCUT2D eigenvalue weighted by Gasteiger charge is 2.35. The van der Waals surface area contributed by atoms with Crippen LogP contribution < -0.4 is 14.4 Å². The Bertz CT molecular complexity index is 1170. The molecule has 0 aliphatic carbocycles. The third-order valence-corrected chi connectivity index (χ3v) is 6.59. The predicted octanol–water partition coefficient (Wildman–Crippen LogP) is 6.30. The molecule has 2 heterocycles. The molecule has 1 aliphatic rings. The summed E-state index contributed by atoms with van der Waals surface area (Å²) in [6, 6.07) is 15.4. The summed E-state index contributed by atoms with van der Waals surface area (Å²) >= 11 is 1.55. The Morgan fingerprint density at radius 1 is 1.09 bits per heavy atom. The number of amides is 1. The van der Waals surface area contributed by atoms with Crippen molar-refractivity contribution < 1.29 is 14.3 Å². The minimum absolute atomic E-state index is 0.0253. The van der Waals surface area contributed by atoms with Crippen molar-refractivity contribution in [3.63, 3.8) is 0 Å². The van der Waals surface area contributed by atoms with Crippen molar-refractivity contribution in [2.75, 3.05) is 10.7 Å². The Labute approximate surface area is 211 Å². The maximum Gasteiger partial charge on any atom is 0.247 e. The van der Waals surface area contributed by atoms with Crippen LogP contribution in [0.1, 0.15) is 59.3 Å². The summed E-state index contributed by atoms with van der Waals surface area (Å²) in [7, 11) is 0. The first-order valence-corrected chi connectivity index (χ1v) is 13.1. The molecule has 1 aromatic heterocycles. The number of nitrogens with zero attached hydrogens (tertiary/aromatic N) is 4. The summed E-state index contributed by atoms with van der Waals surface area (Å²) in [5.41, 5.74) is 2.86. The van der Waals surface area contributed by atoms with Gasteiger partial charge in [0.1, 0.15) is 5.75 Å². The number of para-hydroxylation sites is 1. The highest BCUT2D eigenvalue weighted by atomic mass is 32.2. The highest BCUT2D eigenvalue weighted by molar-refractivity contribution is 7.99. The van der Waals surface area contributed by atoms with E-state index in [2.05, 4.69) is 24.0 Å². The fraction of sp³-hybridized carbons (Fsp3) is 0.407. The lowest BCUT2D eigenvalue weighted by atomic mass is 10.1. The number of thioether (sulfide) groups is 1. The largest absolute Gasteiger partial charge is 0.491 e. The predicted molar refractivity (Wildman–Crippen MR) is 139 cm³/mol. The molecular weight excluding hydrogens is 460 g/mol. The lowest BCUT2D eigenvalue weighted by molar-refractivity contribution is -0.120. The molecule has 1 atom stereocenters. The molecule has 2 aromatic carbocycles. The van der Waals surface area contributed by atoms with E-state index in [1.807, 2.05) is 69.3 Å². The van der Waals surface area contributed by atoms with Crippen LogP contribution in [0.5, 0.6) is 11.6 Å². The number of rotatable bonds is 8. The van der Waals surface area contributed by atoms with Gasteiger partial charge in [-0.2, -0.15) is 4.98 Å². The van der Waals surface area contributed by atoms with Gasteiger partial charge in [-0.1, -0.05) is 50.7 Å². The molecule has 7 nitrogen and oxygen atoms in total. The number of fused-ring (bicyclic) bond motifs is 3. The molecule has 0 radical (unpaired) electrons. The third kappa shape index (κ3) is 5.75. The second-order valence-corrected chi connectivity index (χ2v) is 10.2. The number of carbonyl (C=O) groups is 1. The maximum absolute atomic E-state index is 13.5. The molecule has 35 heavy (non-hydrogen) atoms. The first-order chi connectivity index (χ1) is 16.9. The van der Waals surface area contributed by atoms with Crippen LogP contribution in [-0.4, -0.2) is 32.9 Å². The minimum Gasteiger partial charge on any atom is -0.491 e. The number of hydrogen-bond acceptors (Lipinski definition) is 7. The molecule has 0 fully saturated rings. The van der Waals surface area contributed by atoms with Gasteiger partial charge in [-0.25, -0.2) is 0 Å². The number of carbonyl (C=O) groups excluding carboxylic acids is 1. The Balaban J connectivity index is 1.82. The van der Waals surface area contributed by atoms with Crippen LogP contribution in [-0.2, 0) is 4.79 Å². The molecule has 184 valence electrons. The van der Waals surface area contributed by atoms with E-state index < -0.39 is 6.23 Å². The Morgan fingerprint density at radius 3 is 2.51 bits per heavy atom. The number of benzene rings is 2. The first-order valence-electron chi connectivity index (χ1n) is 12.1. The summed E-state index contributed by atoms with van der Waals surface area (Å²) in [6.45, 7) is 10.3. The van der Waals surface area contributed by atoms with E-state index >= 15 is 0 Å². The van der Waals surface area contributed by atoms with Crippen LogP contribution in [0, 0.1) is 5.92 Å². The van der Waals surface area contributed by atoms with E-state index in [1.54, 1.807) is 16.7 Å². The summed E-state index contributed by atoms with van der Waals surface area (Å²) in [5, 5.41) is 9.40. The second-order valence-electron chi connectivity index (χ2n) is 9.19. The number of ether oxygens (including phenoxy) is 2. The van der Waals surface area contributed by atoms with E-state index in [4.69, 9.17) is 14.5 Å². The van der Waals surface area contributed by atoms with Gasteiger partial charge < -0.3 is 9.47 Å². The van der Waals surface area contributed by atoms with Crippen molar-refractivity contribution in [2.45, 2.75) is 64.9 Å². The van der Waals surface area contributed by atoms with Crippen LogP contribution in [0.3, 0.4) is 0 Å². The number of hydrogen-bond donors (Lipinski definition) is 0. The van der Waals surface area contributed by atoms with Crippen LogP contribution in [0.2, 0.25) is 0 Å². The topological polar surface area (TPSA) is 77.4 Å². The van der Waals surface area contributed by atoms with Crippen molar-refractivity contribution in [1.29, 1.82) is 0 Å². The van der Waals surface area contributed by atoms with Crippen LogP contribution in [0.15, 0.2) is 53.7 Å². The molecular formula is C27H32N4O3S. The van der Waals surface area contributed by atoms with Gasteiger partial charge in [0.25, 0.3) is 0 Å². The molecule has 1 amide bonds. The second kappa shape index (κ2) is 11.1. The monoisotopic (exact) mass is 492 g/mol. The average Bonchev–Trinajstić information content (AvgIpc) is 2.97. The maximum atomic E-state index is 13.5. The van der Waals surface area contributed by atoms with Gasteiger partial charge in [0, 0.05) is 23.3 Å². The van der Waals surface area contributed by atoms with Gasteiger partial charge in [0.15, 0.2) is 5.69 Å². The van der Waals surface area contributed by atoms with Crippen molar-refractivity contribution in [2.24, 2.45) is 5.92 Å². The summed E-state index contributed by atoms with van der Waals surface area (Å²) in [5.74, 6) is 2.48. The highest BCUT2D eigenvalue weighted by Crippen LogP contribution is 2.43. The summed E-state index contributed by atoms with van der Waals surface area (Å²) < 4.78 is 12.3. The lowest BCUT2D eigenvalue weighted by Gasteiger charge is -2.31. The fourth-order valence-electron chi connectivity index (χ4n) is 3.82. The van der Waals surface area contributed by atoms with E-state index in [0.29, 0.717) is 29.1 Å². The normalized spacial score (nSPS) is 14.8. The summed E-state index contributed by atoms with van der Waals surface area (Å²) in [4.78, 5) is 19.9. The molecule has 0 bridgehead atoms. The smallest absolute Gasteiger partial charge is 0.247 e. The lowest BCUT2D eigenvalue weighted by Crippen LogP contribution is -2.37. The molecule has 4 rings (SSSR count). The molecule has 0 unspecified atom stereocenters. The molecule has 8 heteroatoms. The van der Waals surface area contributed by atoms with Crippen molar-refractivity contribution in [3.05, 3.63) is 54.1 Å². The van der Waals surface area contributed by atoms with Gasteiger partial charge in [-0.3, -0.25) is 9.69 Å². The van der Waals surface area contributed by atoms with E-state index in [0.717, 1.165) is 34.7 Å². The standard InChI is InChI=1S/C27H32N4O3S/c1-6-9-23(32)31-22-11-8-7-10-21(22)24-25(28-27(30-29-24)35-16-17(2)3)34-26(31)19-12-14-20(15-13-19)33-18(4)5/h7-8,10-15,17-18,26H,6,9,16H2,1-5H3/t26-/m0/s1. The quantitative estimate of drug-likeness (QED) is 0.342. The molecule has 1 aliphatic heterocycles. The fourth-order valence-corrected chi connectivity index (χ4v) is 4.55. The van der Waals surface area contributed by atoms with Gasteiger partial charge in [0.05, 0.1) is 11.8 Å². The van der Waals surface area contributed by atoms with Gasteiger partial charge in [0.2, 0.25) is 23.2 Å². The average molecular weight is 493 g/mol. The zero-order chi connectivity index (χ0) is 24.9. The first kappa shape index (κ1) is 25.0. The van der Waals surface area contributed by atoms with E-state index in [-0.39, 0.29) is 12.0 Å². The van der Waals surface area contributed by atoms with Gasteiger partial charge in [-0.05, 0) is 56.5 Å². The van der Waals surface area contributed by atoms with Crippen LogP contribution in [0.25, 0.3) is 11.3 Å². The number of aromatic nitrogens is 3. The van der Waals surface area contributed by atoms with Crippen molar-refractivity contribution in [3.8, 4) is 22.9 Å². The van der Waals surface area contributed by atoms with E-state index in [1.165, 1.54) is 0 Å². The van der Waals surface area contributed by atoms with Crippen LogP contribution in [0.4, 0.5) is 5.69 Å². The van der Waals surface area contributed by atoms with Crippen molar-refractivity contribution >= 4 is 23.4 Å². The molecule has 0 saturated heterocycles. The SMILES string of the molecule is CCCC(=O)N1c2ccccc2-c2nnc(SCC(C)C)nc2O[C@H]1c1ccc(OC(C)C)cc1. The van der Waals surface area contributed by atoms with Crippen LogP contribution >= 0.6 is 11.8 Å². The molecule has 0 saturated carbocycles. The van der Waals surface area contributed by atoms with Crippen molar-refractivity contribution in [1.82, 2.24) is 15.2 Å². The molecule has 3 aromatic rings. The minimum atomic E-state index is -0.704. The summed E-state index contributed by atoms with van der Waals surface area (Å²) in [6.07, 6.45) is 0.491. The Morgan fingerprint density at radius 2 is 1.83 bits per heavy atom. The zero-order valence-electron chi connectivity index (χ0n) is 20.9. The van der Waals surface area contributed by atoms with E-state index in [9.17, 15) is 4.79 Å². The Kier molecular flexibility index (Phi) is 7.90. The number of anilines is 1. The zero-order valence-corrected chi connectivity index (χ0v) is 21.7. The van der Waals surface area contributed by atoms with Gasteiger partial charge in [-0.15, -0.1) is 10.2 Å². The Hall–Kier alpha value is -3.13. The molecule has 0 spiro atoms. The van der Waals surface area contributed by atoms with Gasteiger partial charge >= 0.3 is 0 Å².